The van der Waals surface area contributed by atoms with Crippen LogP contribution in [-0.4, -0.2) is 22.9 Å². The molecule has 1 aromatic heterocycles. The van der Waals surface area contributed by atoms with Crippen LogP contribution < -0.4 is 5.73 Å². The van der Waals surface area contributed by atoms with Crippen molar-refractivity contribution in [2.45, 2.75) is 26.0 Å². The smallest absolute Gasteiger partial charge is 0.258 e. The quantitative estimate of drug-likeness (QED) is 0.822. The maximum Gasteiger partial charge on any atom is 0.258 e. The summed E-state index contributed by atoms with van der Waals surface area (Å²) in [4.78, 5) is 4.32. The maximum absolute atomic E-state index is 5.97. The molecule has 0 spiro atoms. The van der Waals surface area contributed by atoms with E-state index < -0.39 is 6.04 Å². The van der Waals surface area contributed by atoms with Crippen molar-refractivity contribution in [1.82, 2.24) is 10.1 Å². The van der Waals surface area contributed by atoms with Crippen molar-refractivity contribution in [3.63, 3.8) is 0 Å². The highest BCUT2D eigenvalue weighted by atomic mass is 79.9. The highest BCUT2D eigenvalue weighted by molar-refractivity contribution is 9.11. The van der Waals surface area contributed by atoms with E-state index in [0.29, 0.717) is 18.3 Å². The summed E-state index contributed by atoms with van der Waals surface area (Å²) in [5.41, 5.74) is 6.79. The van der Waals surface area contributed by atoms with E-state index in [2.05, 4.69) is 42.0 Å². The fourth-order valence-electron chi connectivity index (χ4n) is 1.55. The zero-order chi connectivity index (χ0) is 14.7. The SMILES string of the molecule is CC(C)OCC(N)c1noc(-c2cc(Br)cc(Br)c2)n1. The predicted molar refractivity (Wildman–Crippen MR) is 83.2 cm³/mol. The molecule has 1 heterocycles. The molecule has 7 heteroatoms. The summed E-state index contributed by atoms with van der Waals surface area (Å²) in [5, 5.41) is 3.91. The first-order chi connectivity index (χ1) is 9.45. The Bertz CT molecular complexity index is 566. The summed E-state index contributed by atoms with van der Waals surface area (Å²) < 4.78 is 12.5. The molecule has 0 amide bonds. The first kappa shape index (κ1) is 15.6. The standard InChI is InChI=1S/C13H15Br2N3O2/c1-7(2)19-6-11(16)12-17-13(20-18-12)8-3-9(14)5-10(15)4-8/h3-5,7,11H,6,16H2,1-2H3. The fraction of sp³-hybridized carbons (Fsp3) is 0.385. The molecule has 2 aromatic rings. The first-order valence-electron chi connectivity index (χ1n) is 6.13. The van der Waals surface area contributed by atoms with Gasteiger partial charge in [0, 0.05) is 14.5 Å². The van der Waals surface area contributed by atoms with Crippen LogP contribution in [0.3, 0.4) is 0 Å². The number of nitrogens with two attached hydrogens (primary N) is 1. The normalized spacial score (nSPS) is 12.9. The van der Waals surface area contributed by atoms with Gasteiger partial charge in [0.15, 0.2) is 5.82 Å². The Morgan fingerprint density at radius 1 is 1.25 bits per heavy atom. The van der Waals surface area contributed by atoms with Gasteiger partial charge in [0.05, 0.1) is 18.8 Å². The Labute approximate surface area is 134 Å². The van der Waals surface area contributed by atoms with Gasteiger partial charge in [0.2, 0.25) is 0 Å². The lowest BCUT2D eigenvalue weighted by Gasteiger charge is -2.10. The van der Waals surface area contributed by atoms with Crippen LogP contribution in [0.5, 0.6) is 0 Å². The second-order valence-electron chi connectivity index (χ2n) is 4.60. The Morgan fingerprint density at radius 3 is 2.50 bits per heavy atom. The van der Waals surface area contributed by atoms with Crippen molar-refractivity contribution < 1.29 is 9.26 Å². The van der Waals surface area contributed by atoms with E-state index in [1.54, 1.807) is 0 Å². The molecule has 0 radical (unpaired) electrons. The molecule has 1 aromatic carbocycles. The predicted octanol–water partition coefficient (Wildman–Crippen LogP) is 3.69. The zero-order valence-corrected chi connectivity index (χ0v) is 14.3. The van der Waals surface area contributed by atoms with Crippen LogP contribution >= 0.6 is 31.9 Å². The molecule has 0 fully saturated rings. The lowest BCUT2D eigenvalue weighted by atomic mass is 10.2. The molecule has 0 saturated carbocycles. The Kier molecular flexibility index (Phi) is 5.31. The molecule has 0 saturated heterocycles. The second-order valence-corrected chi connectivity index (χ2v) is 6.44. The van der Waals surface area contributed by atoms with Gasteiger partial charge in [0.25, 0.3) is 5.89 Å². The Morgan fingerprint density at radius 2 is 1.90 bits per heavy atom. The van der Waals surface area contributed by atoms with Crippen LogP contribution in [0, 0.1) is 0 Å². The number of rotatable bonds is 5. The van der Waals surface area contributed by atoms with E-state index >= 15 is 0 Å². The third-order valence-corrected chi connectivity index (χ3v) is 3.41. The molecule has 0 aliphatic rings. The minimum atomic E-state index is -0.398. The zero-order valence-electron chi connectivity index (χ0n) is 11.1. The fourth-order valence-corrected chi connectivity index (χ4v) is 2.84. The molecule has 1 unspecified atom stereocenters. The number of nitrogens with zero attached hydrogens (tertiary/aromatic N) is 2. The molecule has 2 rings (SSSR count). The van der Waals surface area contributed by atoms with E-state index in [0.717, 1.165) is 14.5 Å². The monoisotopic (exact) mass is 403 g/mol. The molecular weight excluding hydrogens is 390 g/mol. The van der Waals surface area contributed by atoms with E-state index in [9.17, 15) is 0 Å². The summed E-state index contributed by atoms with van der Waals surface area (Å²) in [5.74, 6) is 0.874. The van der Waals surface area contributed by atoms with Gasteiger partial charge in [-0.1, -0.05) is 37.0 Å². The van der Waals surface area contributed by atoms with E-state index in [1.165, 1.54) is 0 Å². The van der Waals surface area contributed by atoms with Crippen molar-refractivity contribution >= 4 is 31.9 Å². The van der Waals surface area contributed by atoms with Crippen molar-refractivity contribution in [3.05, 3.63) is 33.0 Å². The van der Waals surface area contributed by atoms with Crippen LogP contribution in [0.1, 0.15) is 25.7 Å². The van der Waals surface area contributed by atoms with Gasteiger partial charge in [-0.3, -0.25) is 0 Å². The number of aromatic nitrogens is 2. The van der Waals surface area contributed by atoms with Gasteiger partial charge in [-0.25, -0.2) is 0 Å². The number of hydrogen-bond donors (Lipinski definition) is 1. The number of benzene rings is 1. The van der Waals surface area contributed by atoms with Crippen LogP contribution in [0.4, 0.5) is 0 Å². The Balaban J connectivity index is 2.15. The highest BCUT2D eigenvalue weighted by Gasteiger charge is 2.16. The third kappa shape index (κ3) is 4.12. The molecule has 5 nitrogen and oxygen atoms in total. The molecular formula is C13H15Br2N3O2. The summed E-state index contributed by atoms with van der Waals surface area (Å²) in [6.07, 6.45) is 0.119. The molecule has 108 valence electrons. The first-order valence-corrected chi connectivity index (χ1v) is 7.71. The van der Waals surface area contributed by atoms with E-state index in [4.69, 9.17) is 15.0 Å². The van der Waals surface area contributed by atoms with Gasteiger partial charge in [-0.15, -0.1) is 0 Å². The third-order valence-electron chi connectivity index (χ3n) is 2.49. The lowest BCUT2D eigenvalue weighted by Crippen LogP contribution is -2.20. The van der Waals surface area contributed by atoms with Crippen LogP contribution in [0.25, 0.3) is 11.5 Å². The van der Waals surface area contributed by atoms with Crippen LogP contribution in [0.15, 0.2) is 31.7 Å². The average molecular weight is 405 g/mol. The van der Waals surface area contributed by atoms with Crippen molar-refractivity contribution in [2.75, 3.05) is 6.61 Å². The number of hydrogen-bond acceptors (Lipinski definition) is 5. The van der Waals surface area contributed by atoms with Gasteiger partial charge in [-0.2, -0.15) is 4.98 Å². The molecule has 0 aliphatic carbocycles. The minimum Gasteiger partial charge on any atom is -0.377 e. The summed E-state index contributed by atoms with van der Waals surface area (Å²) in [6.45, 7) is 4.26. The largest absolute Gasteiger partial charge is 0.377 e. The summed E-state index contributed by atoms with van der Waals surface area (Å²) in [7, 11) is 0. The summed E-state index contributed by atoms with van der Waals surface area (Å²) in [6, 6.07) is 5.34. The maximum atomic E-state index is 5.97. The molecule has 0 bridgehead atoms. The minimum absolute atomic E-state index is 0.119. The van der Waals surface area contributed by atoms with Gasteiger partial charge in [-0.05, 0) is 32.0 Å². The molecule has 20 heavy (non-hydrogen) atoms. The average Bonchev–Trinajstić information content (AvgIpc) is 2.84. The summed E-state index contributed by atoms with van der Waals surface area (Å²) >= 11 is 6.84. The number of ether oxygens (including phenoxy) is 1. The van der Waals surface area contributed by atoms with Crippen molar-refractivity contribution in [1.29, 1.82) is 0 Å². The molecule has 1 atom stereocenters. The second kappa shape index (κ2) is 6.80. The highest BCUT2D eigenvalue weighted by Crippen LogP contribution is 2.27. The topological polar surface area (TPSA) is 74.2 Å². The van der Waals surface area contributed by atoms with Crippen LogP contribution in [-0.2, 0) is 4.74 Å². The van der Waals surface area contributed by atoms with Gasteiger partial charge in [0.1, 0.15) is 0 Å². The van der Waals surface area contributed by atoms with Gasteiger partial charge < -0.3 is 15.0 Å². The van der Waals surface area contributed by atoms with Gasteiger partial charge >= 0.3 is 0 Å². The molecule has 0 aliphatic heterocycles. The van der Waals surface area contributed by atoms with Crippen molar-refractivity contribution in [3.8, 4) is 11.5 Å². The Hall–Kier alpha value is -0.760. The van der Waals surface area contributed by atoms with Crippen LogP contribution in [0.2, 0.25) is 0 Å². The number of halogens is 2. The van der Waals surface area contributed by atoms with Crippen molar-refractivity contribution in [2.24, 2.45) is 5.73 Å². The lowest BCUT2D eigenvalue weighted by molar-refractivity contribution is 0.0665. The molecule has 2 N–H and O–H groups in total. The van der Waals surface area contributed by atoms with E-state index in [-0.39, 0.29) is 6.10 Å². The van der Waals surface area contributed by atoms with E-state index in [1.807, 2.05) is 32.0 Å².